The lowest BCUT2D eigenvalue weighted by molar-refractivity contribution is -0.139. The van der Waals surface area contributed by atoms with Gasteiger partial charge in [0, 0.05) is 10.0 Å². The molecule has 3 aromatic rings. The predicted molar refractivity (Wildman–Crippen MR) is 129 cm³/mol. The highest BCUT2D eigenvalue weighted by Gasteiger charge is 2.34. The summed E-state index contributed by atoms with van der Waals surface area (Å²) in [5, 5.41) is 10.3. The number of hydrogen-bond acceptors (Lipinski definition) is 8. The summed E-state index contributed by atoms with van der Waals surface area (Å²) in [5.74, 6) is 0.645. The van der Waals surface area contributed by atoms with Crippen LogP contribution in [0.1, 0.15) is 31.0 Å². The van der Waals surface area contributed by atoms with E-state index in [0.29, 0.717) is 37.7 Å². The van der Waals surface area contributed by atoms with Crippen molar-refractivity contribution in [2.45, 2.75) is 19.9 Å². The first-order valence-corrected chi connectivity index (χ1v) is 12.1. The zero-order valence-corrected chi connectivity index (χ0v) is 20.6. The first kappa shape index (κ1) is 22.4. The summed E-state index contributed by atoms with van der Waals surface area (Å²) in [6.07, 6.45) is 1.62. The fourth-order valence-corrected chi connectivity index (χ4v) is 5.39. The second-order valence-corrected chi connectivity index (χ2v) is 9.54. The van der Waals surface area contributed by atoms with Crippen LogP contribution in [0, 0.1) is 0 Å². The first-order chi connectivity index (χ1) is 16.4. The molecule has 8 nitrogen and oxygen atoms in total. The molecule has 0 saturated heterocycles. The van der Waals surface area contributed by atoms with Crippen molar-refractivity contribution in [3.8, 4) is 17.2 Å². The number of rotatable bonds is 4. The average molecular weight is 543 g/mol. The van der Waals surface area contributed by atoms with Crippen molar-refractivity contribution in [3.05, 3.63) is 83.0 Å². The van der Waals surface area contributed by atoms with Gasteiger partial charge in [0.1, 0.15) is 5.75 Å². The fraction of sp³-hybridized carbons (Fsp3) is 0.208. The van der Waals surface area contributed by atoms with E-state index in [2.05, 4.69) is 20.9 Å². The number of nitrogens with zero attached hydrogens (tertiary/aromatic N) is 2. The van der Waals surface area contributed by atoms with Gasteiger partial charge < -0.3 is 19.3 Å². The van der Waals surface area contributed by atoms with E-state index in [0.717, 1.165) is 4.47 Å². The zero-order chi connectivity index (χ0) is 24.0. The number of aromatic hydroxyl groups is 1. The Morgan fingerprint density at radius 3 is 2.88 bits per heavy atom. The van der Waals surface area contributed by atoms with E-state index in [1.54, 1.807) is 56.3 Å². The SMILES string of the molecule is CCOC(=O)C1=C(C)N=c2s/c(=C\c3cc(Br)ccc3O)c(=O)n2C1c1ccc2c(c1)OCO2. The monoisotopic (exact) mass is 542 g/mol. The lowest BCUT2D eigenvalue weighted by atomic mass is 9.95. The molecule has 5 rings (SSSR count). The Morgan fingerprint density at radius 1 is 1.29 bits per heavy atom. The molecule has 1 unspecified atom stereocenters. The third-order valence-electron chi connectivity index (χ3n) is 5.51. The highest BCUT2D eigenvalue weighted by molar-refractivity contribution is 9.10. The quantitative estimate of drug-likeness (QED) is 0.509. The Kier molecular flexibility index (Phi) is 5.78. The van der Waals surface area contributed by atoms with Gasteiger partial charge in [0.05, 0.1) is 28.5 Å². The molecule has 0 bridgehead atoms. The molecule has 0 radical (unpaired) electrons. The maximum Gasteiger partial charge on any atom is 0.338 e. The number of phenols is 1. The van der Waals surface area contributed by atoms with E-state index in [9.17, 15) is 14.7 Å². The summed E-state index contributed by atoms with van der Waals surface area (Å²) >= 11 is 4.57. The van der Waals surface area contributed by atoms with Crippen molar-refractivity contribution >= 4 is 39.3 Å². The Morgan fingerprint density at radius 2 is 2.09 bits per heavy atom. The molecule has 0 amide bonds. The minimum absolute atomic E-state index is 0.0461. The summed E-state index contributed by atoms with van der Waals surface area (Å²) in [6, 6.07) is 9.54. The van der Waals surface area contributed by atoms with Gasteiger partial charge in [0.2, 0.25) is 6.79 Å². The number of aromatic nitrogens is 1. The van der Waals surface area contributed by atoms with Gasteiger partial charge in [-0.3, -0.25) is 9.36 Å². The molecular weight excluding hydrogens is 524 g/mol. The maximum absolute atomic E-state index is 13.6. The first-order valence-electron chi connectivity index (χ1n) is 10.4. The van der Waals surface area contributed by atoms with Crippen molar-refractivity contribution in [2.24, 2.45) is 4.99 Å². The average Bonchev–Trinajstić information content (AvgIpc) is 3.39. The van der Waals surface area contributed by atoms with Crippen molar-refractivity contribution in [1.82, 2.24) is 4.57 Å². The van der Waals surface area contributed by atoms with Crippen LogP contribution in [0.2, 0.25) is 0 Å². The fourth-order valence-electron chi connectivity index (χ4n) is 3.97. The lowest BCUT2D eigenvalue weighted by Crippen LogP contribution is -2.39. The summed E-state index contributed by atoms with van der Waals surface area (Å²) in [6.45, 7) is 3.75. The Balaban J connectivity index is 1.74. The number of carbonyl (C=O) groups is 1. The summed E-state index contributed by atoms with van der Waals surface area (Å²) in [4.78, 5) is 31.6. The molecule has 34 heavy (non-hydrogen) atoms. The molecule has 2 aromatic carbocycles. The van der Waals surface area contributed by atoms with E-state index >= 15 is 0 Å². The molecule has 0 aliphatic carbocycles. The molecule has 174 valence electrons. The molecule has 0 saturated carbocycles. The van der Waals surface area contributed by atoms with E-state index < -0.39 is 12.0 Å². The second kappa shape index (κ2) is 8.77. The number of thiazole rings is 1. The third-order valence-corrected chi connectivity index (χ3v) is 6.98. The van der Waals surface area contributed by atoms with Crippen molar-refractivity contribution < 1.29 is 24.1 Å². The Labute approximate surface area is 206 Å². The van der Waals surface area contributed by atoms with Gasteiger partial charge in [-0.25, -0.2) is 9.79 Å². The summed E-state index contributed by atoms with van der Waals surface area (Å²) in [5.41, 5.74) is 1.57. The van der Waals surface area contributed by atoms with Crippen LogP contribution in [0.4, 0.5) is 0 Å². The van der Waals surface area contributed by atoms with Crippen LogP contribution in [-0.4, -0.2) is 29.0 Å². The van der Waals surface area contributed by atoms with Crippen LogP contribution in [0.25, 0.3) is 6.08 Å². The summed E-state index contributed by atoms with van der Waals surface area (Å²) < 4.78 is 18.9. The van der Waals surface area contributed by atoms with Crippen LogP contribution < -0.4 is 24.4 Å². The van der Waals surface area contributed by atoms with Crippen LogP contribution in [0.3, 0.4) is 0 Å². The molecule has 2 aliphatic heterocycles. The van der Waals surface area contributed by atoms with Crippen molar-refractivity contribution in [2.75, 3.05) is 13.4 Å². The maximum atomic E-state index is 13.6. The second-order valence-electron chi connectivity index (χ2n) is 7.62. The number of hydrogen-bond donors (Lipinski definition) is 1. The van der Waals surface area contributed by atoms with Crippen LogP contribution in [0.5, 0.6) is 17.2 Å². The minimum atomic E-state index is -0.761. The summed E-state index contributed by atoms with van der Waals surface area (Å²) in [7, 11) is 0. The highest BCUT2D eigenvalue weighted by Crippen LogP contribution is 2.38. The van der Waals surface area contributed by atoms with Gasteiger partial charge >= 0.3 is 5.97 Å². The molecule has 10 heteroatoms. The van der Waals surface area contributed by atoms with E-state index in [1.165, 1.54) is 15.9 Å². The predicted octanol–water partition coefficient (Wildman–Crippen LogP) is 3.00. The molecule has 1 aromatic heterocycles. The zero-order valence-electron chi connectivity index (χ0n) is 18.2. The number of allylic oxidation sites excluding steroid dienone is 1. The minimum Gasteiger partial charge on any atom is -0.507 e. The van der Waals surface area contributed by atoms with E-state index in [4.69, 9.17) is 14.2 Å². The normalized spacial score (nSPS) is 16.9. The molecule has 1 N–H and O–H groups in total. The molecule has 0 spiro atoms. The van der Waals surface area contributed by atoms with Crippen LogP contribution in [-0.2, 0) is 9.53 Å². The van der Waals surface area contributed by atoms with Gasteiger partial charge in [0.25, 0.3) is 5.56 Å². The smallest absolute Gasteiger partial charge is 0.338 e. The Hall–Kier alpha value is -3.37. The standard InChI is InChI=1S/C24H19BrN2O6S/c1-3-31-23(30)20-12(2)26-24-27(21(20)13-4-7-17-18(9-13)33-11-32-17)22(29)19(34-24)10-14-8-15(25)5-6-16(14)28/h4-10,21,28H,3,11H2,1-2H3/b19-10-. The van der Waals surface area contributed by atoms with Crippen LogP contribution >= 0.6 is 27.3 Å². The van der Waals surface area contributed by atoms with E-state index in [-0.39, 0.29) is 30.3 Å². The van der Waals surface area contributed by atoms with Gasteiger partial charge in [0.15, 0.2) is 16.3 Å². The topological polar surface area (TPSA) is 99.4 Å². The lowest BCUT2D eigenvalue weighted by Gasteiger charge is -2.24. The van der Waals surface area contributed by atoms with Crippen molar-refractivity contribution in [1.29, 1.82) is 0 Å². The van der Waals surface area contributed by atoms with Crippen molar-refractivity contribution in [3.63, 3.8) is 0 Å². The van der Waals surface area contributed by atoms with Gasteiger partial charge in [-0.2, -0.15) is 0 Å². The Bertz CT molecular complexity index is 1540. The molecule has 1 atom stereocenters. The molecule has 0 fully saturated rings. The van der Waals surface area contributed by atoms with Crippen LogP contribution in [0.15, 0.2) is 61.9 Å². The molecule has 2 aliphatic rings. The molecular formula is C24H19BrN2O6S. The van der Waals surface area contributed by atoms with Gasteiger partial charge in [-0.05, 0) is 55.8 Å². The highest BCUT2D eigenvalue weighted by atomic mass is 79.9. The number of ether oxygens (including phenoxy) is 3. The molecule has 3 heterocycles. The van der Waals surface area contributed by atoms with Gasteiger partial charge in [-0.15, -0.1) is 0 Å². The number of fused-ring (bicyclic) bond motifs is 2. The van der Waals surface area contributed by atoms with Gasteiger partial charge in [-0.1, -0.05) is 33.3 Å². The number of esters is 1. The third kappa shape index (κ3) is 3.82. The number of carbonyl (C=O) groups excluding carboxylic acids is 1. The number of benzene rings is 2. The number of phenolic OH excluding ortho intramolecular Hbond substituents is 1. The van der Waals surface area contributed by atoms with E-state index in [1.807, 2.05) is 0 Å². The number of halogens is 1. The largest absolute Gasteiger partial charge is 0.507 e.